The number of hydrogen-bond acceptors (Lipinski definition) is 7. The fourth-order valence-electron chi connectivity index (χ4n) is 5.73. The van der Waals surface area contributed by atoms with Crippen LogP contribution in [0.15, 0.2) is 41.8 Å². The Morgan fingerprint density at radius 2 is 2.03 bits per heavy atom. The number of ether oxygens (including phenoxy) is 1. The van der Waals surface area contributed by atoms with E-state index in [-0.39, 0.29) is 11.5 Å². The highest BCUT2D eigenvalue weighted by Crippen LogP contribution is 2.63. The zero-order valence-corrected chi connectivity index (χ0v) is 16.9. The van der Waals surface area contributed by atoms with Gasteiger partial charge in [0.05, 0.1) is 18.0 Å². The number of nitrogens with zero attached hydrogens (tertiary/aromatic N) is 4. The van der Waals surface area contributed by atoms with E-state index in [1.807, 2.05) is 7.05 Å². The molecule has 1 saturated carbocycles. The van der Waals surface area contributed by atoms with E-state index < -0.39 is 11.8 Å². The molecule has 0 radical (unpaired) electrons. The van der Waals surface area contributed by atoms with Crippen molar-refractivity contribution >= 4 is 5.96 Å². The van der Waals surface area contributed by atoms with Gasteiger partial charge in [-0.15, -0.1) is 0 Å². The summed E-state index contributed by atoms with van der Waals surface area (Å²) in [7, 11) is 3.60. The number of rotatable bonds is 2. The van der Waals surface area contributed by atoms with Gasteiger partial charge in [0.15, 0.2) is 12.2 Å². The number of fused-ring (bicyclic) bond motifs is 3. The SMILES string of the molecule is COC1CCC2(CC1)Cc1ccc(-c3cnccn3)cc1C21N=C(N)N(C)C1O. The summed E-state index contributed by atoms with van der Waals surface area (Å²) in [4.78, 5) is 15.3. The van der Waals surface area contributed by atoms with Gasteiger partial charge in [0.25, 0.3) is 0 Å². The van der Waals surface area contributed by atoms with E-state index in [0.717, 1.165) is 48.9 Å². The first kappa shape index (κ1) is 18.5. The van der Waals surface area contributed by atoms with E-state index in [4.69, 9.17) is 15.5 Å². The second-order valence-corrected chi connectivity index (χ2v) is 8.58. The van der Waals surface area contributed by atoms with Gasteiger partial charge in [-0.2, -0.15) is 0 Å². The Hall–Kier alpha value is -2.51. The molecule has 2 unspecified atom stereocenters. The smallest absolute Gasteiger partial charge is 0.194 e. The fourth-order valence-corrected chi connectivity index (χ4v) is 5.73. The average Bonchev–Trinajstić information content (AvgIpc) is 3.15. The zero-order chi connectivity index (χ0) is 20.2. The van der Waals surface area contributed by atoms with Crippen LogP contribution in [0.5, 0.6) is 0 Å². The van der Waals surface area contributed by atoms with Crippen LogP contribution in [0, 0.1) is 5.41 Å². The second kappa shape index (κ2) is 6.50. The Morgan fingerprint density at radius 1 is 1.24 bits per heavy atom. The Bertz CT molecular complexity index is 955. The van der Waals surface area contributed by atoms with Gasteiger partial charge >= 0.3 is 0 Å². The van der Waals surface area contributed by atoms with Crippen molar-refractivity contribution in [2.24, 2.45) is 16.1 Å². The molecular weight excluding hydrogens is 366 g/mol. The van der Waals surface area contributed by atoms with Crippen LogP contribution in [0.4, 0.5) is 0 Å². The third-order valence-electron chi connectivity index (χ3n) is 7.33. The number of guanidine groups is 1. The predicted molar refractivity (Wildman–Crippen MR) is 110 cm³/mol. The molecule has 0 bridgehead atoms. The van der Waals surface area contributed by atoms with Gasteiger partial charge in [0.1, 0.15) is 5.54 Å². The van der Waals surface area contributed by atoms with E-state index in [1.165, 1.54) is 5.56 Å². The van der Waals surface area contributed by atoms with Crippen LogP contribution in [0.25, 0.3) is 11.3 Å². The summed E-state index contributed by atoms with van der Waals surface area (Å²) in [5.74, 6) is 0.392. The molecule has 0 saturated heterocycles. The van der Waals surface area contributed by atoms with Crippen molar-refractivity contribution in [1.29, 1.82) is 0 Å². The summed E-state index contributed by atoms with van der Waals surface area (Å²) < 4.78 is 5.62. The van der Waals surface area contributed by atoms with Crippen LogP contribution >= 0.6 is 0 Å². The molecule has 29 heavy (non-hydrogen) atoms. The summed E-state index contributed by atoms with van der Waals surface area (Å²) in [6, 6.07) is 6.39. The van der Waals surface area contributed by atoms with Gasteiger partial charge in [0.2, 0.25) is 0 Å². The van der Waals surface area contributed by atoms with Crippen molar-refractivity contribution in [3.05, 3.63) is 47.9 Å². The molecule has 1 aromatic carbocycles. The molecule has 1 aromatic heterocycles. The summed E-state index contributed by atoms with van der Waals surface area (Å²) in [6.07, 6.45) is 9.32. The molecule has 0 amide bonds. The highest BCUT2D eigenvalue weighted by Gasteiger charge is 2.65. The number of methoxy groups -OCH3 is 1. The van der Waals surface area contributed by atoms with Crippen LogP contribution < -0.4 is 5.73 Å². The lowest BCUT2D eigenvalue weighted by Gasteiger charge is -2.48. The number of benzene rings is 1. The number of aliphatic imine (C=N–C) groups is 1. The lowest BCUT2D eigenvalue weighted by molar-refractivity contribution is -0.0768. The topological polar surface area (TPSA) is 96.9 Å². The monoisotopic (exact) mass is 393 g/mol. The number of aromatic nitrogens is 2. The molecule has 1 fully saturated rings. The van der Waals surface area contributed by atoms with Gasteiger partial charge in [-0.1, -0.05) is 12.1 Å². The molecule has 5 rings (SSSR count). The highest BCUT2D eigenvalue weighted by atomic mass is 16.5. The summed E-state index contributed by atoms with van der Waals surface area (Å²) in [6.45, 7) is 0. The molecule has 2 aliphatic carbocycles. The molecule has 2 spiro atoms. The van der Waals surface area contributed by atoms with E-state index in [9.17, 15) is 5.11 Å². The first-order valence-electron chi connectivity index (χ1n) is 10.2. The molecule has 7 heteroatoms. The predicted octanol–water partition coefficient (Wildman–Crippen LogP) is 2.05. The van der Waals surface area contributed by atoms with Crippen LogP contribution in [-0.4, -0.2) is 52.4 Å². The van der Waals surface area contributed by atoms with Gasteiger partial charge in [0, 0.05) is 37.5 Å². The maximum Gasteiger partial charge on any atom is 0.194 e. The standard InChI is InChI=1S/C22H27N5O2/c1-27-19(28)22(26-20(27)23)17-11-14(18-13-24-9-10-25-18)3-4-15(17)12-21(22)7-5-16(29-2)6-8-21/h3-4,9-11,13,16,19,28H,5-8,12H2,1-2H3,(H2,23,26). The van der Waals surface area contributed by atoms with E-state index in [2.05, 4.69) is 28.2 Å². The van der Waals surface area contributed by atoms with Crippen molar-refractivity contribution in [2.75, 3.05) is 14.2 Å². The van der Waals surface area contributed by atoms with E-state index >= 15 is 0 Å². The molecule has 2 atom stereocenters. The largest absolute Gasteiger partial charge is 0.381 e. The minimum absolute atomic E-state index is 0.167. The maximum atomic E-state index is 11.4. The molecule has 3 aliphatic rings. The minimum atomic E-state index is -0.792. The van der Waals surface area contributed by atoms with Crippen molar-refractivity contribution in [1.82, 2.24) is 14.9 Å². The van der Waals surface area contributed by atoms with Crippen LogP contribution in [0.1, 0.15) is 36.8 Å². The Labute approximate surface area is 170 Å². The lowest BCUT2D eigenvalue weighted by Crippen LogP contribution is -2.54. The van der Waals surface area contributed by atoms with Crippen molar-refractivity contribution in [3.63, 3.8) is 0 Å². The number of nitrogens with two attached hydrogens (primary N) is 1. The first-order chi connectivity index (χ1) is 14.0. The maximum absolute atomic E-state index is 11.4. The van der Waals surface area contributed by atoms with Gasteiger partial charge in [-0.05, 0) is 49.3 Å². The van der Waals surface area contributed by atoms with Crippen LogP contribution in [0.2, 0.25) is 0 Å². The fraction of sp³-hybridized carbons (Fsp3) is 0.500. The first-order valence-corrected chi connectivity index (χ1v) is 10.2. The normalized spacial score (nSPS) is 33.3. The highest BCUT2D eigenvalue weighted by molar-refractivity contribution is 5.82. The van der Waals surface area contributed by atoms with Crippen molar-refractivity contribution < 1.29 is 9.84 Å². The summed E-state index contributed by atoms with van der Waals surface area (Å²) in [5.41, 5.74) is 9.40. The van der Waals surface area contributed by atoms with Crippen LogP contribution in [-0.2, 0) is 16.7 Å². The molecule has 152 valence electrons. The number of aliphatic hydroxyl groups excluding tert-OH is 1. The minimum Gasteiger partial charge on any atom is -0.381 e. The van der Waals surface area contributed by atoms with Gasteiger partial charge < -0.3 is 20.5 Å². The second-order valence-electron chi connectivity index (χ2n) is 8.58. The summed E-state index contributed by atoms with van der Waals surface area (Å²) >= 11 is 0. The molecule has 7 nitrogen and oxygen atoms in total. The van der Waals surface area contributed by atoms with E-state index in [1.54, 1.807) is 30.6 Å². The molecule has 2 aromatic rings. The molecule has 1 aliphatic heterocycles. The third kappa shape index (κ3) is 2.47. The molecule has 3 N–H and O–H groups in total. The van der Waals surface area contributed by atoms with Gasteiger partial charge in [-0.3, -0.25) is 9.97 Å². The van der Waals surface area contributed by atoms with Gasteiger partial charge in [-0.25, -0.2) is 4.99 Å². The quantitative estimate of drug-likeness (QED) is 0.811. The molecular formula is C22H27N5O2. The lowest BCUT2D eigenvalue weighted by atomic mass is 9.61. The van der Waals surface area contributed by atoms with E-state index in [0.29, 0.717) is 5.96 Å². The average molecular weight is 393 g/mol. The van der Waals surface area contributed by atoms with Crippen molar-refractivity contribution in [2.45, 2.75) is 50.0 Å². The summed E-state index contributed by atoms with van der Waals surface area (Å²) in [5, 5.41) is 11.4. The van der Waals surface area contributed by atoms with Crippen LogP contribution in [0.3, 0.4) is 0 Å². The Kier molecular flexibility index (Phi) is 4.15. The Morgan fingerprint density at radius 3 is 2.66 bits per heavy atom. The third-order valence-corrected chi connectivity index (χ3v) is 7.33. The zero-order valence-electron chi connectivity index (χ0n) is 16.9. The Balaban J connectivity index is 1.67. The molecule has 2 heterocycles. The number of hydrogen-bond donors (Lipinski definition) is 2. The van der Waals surface area contributed by atoms with Crippen molar-refractivity contribution in [3.8, 4) is 11.3 Å². The number of aliphatic hydroxyl groups is 1. The number of likely N-dealkylation sites (N-methyl/N-ethyl adjacent to an activating group) is 1.